The van der Waals surface area contributed by atoms with E-state index in [9.17, 15) is 0 Å². The molecule has 2 nitrogen and oxygen atoms in total. The number of likely N-dealkylation sites (tertiary alicyclic amines) is 1. The maximum absolute atomic E-state index is 5.32. The summed E-state index contributed by atoms with van der Waals surface area (Å²) in [5.74, 6) is 0.962. The van der Waals surface area contributed by atoms with Crippen LogP contribution in [0.3, 0.4) is 0 Å². The van der Waals surface area contributed by atoms with Gasteiger partial charge in [0.05, 0.1) is 6.10 Å². The SMILES string of the molecule is COC1C[C@H]2C[C@H]2N(C)C1. The first-order chi connectivity index (χ1) is 4.81. The number of hydrogen-bond donors (Lipinski definition) is 0. The van der Waals surface area contributed by atoms with Gasteiger partial charge in [0.1, 0.15) is 0 Å². The third-order valence-corrected chi connectivity index (χ3v) is 2.84. The summed E-state index contributed by atoms with van der Waals surface area (Å²) in [4.78, 5) is 2.43. The van der Waals surface area contributed by atoms with Gasteiger partial charge in [-0.05, 0) is 25.8 Å². The van der Waals surface area contributed by atoms with Crippen LogP contribution in [0.4, 0.5) is 0 Å². The van der Waals surface area contributed by atoms with Crippen molar-refractivity contribution in [3.63, 3.8) is 0 Å². The van der Waals surface area contributed by atoms with Crippen LogP contribution in [-0.4, -0.2) is 37.7 Å². The second-order valence-electron chi connectivity index (χ2n) is 3.60. The van der Waals surface area contributed by atoms with Crippen LogP contribution in [-0.2, 0) is 4.74 Å². The van der Waals surface area contributed by atoms with Crippen molar-refractivity contribution in [2.75, 3.05) is 20.7 Å². The third-order valence-electron chi connectivity index (χ3n) is 2.84. The van der Waals surface area contributed by atoms with E-state index in [0.717, 1.165) is 18.5 Å². The van der Waals surface area contributed by atoms with Crippen LogP contribution in [0.1, 0.15) is 12.8 Å². The van der Waals surface area contributed by atoms with E-state index in [-0.39, 0.29) is 0 Å². The molecule has 2 aliphatic rings. The molecule has 1 heterocycles. The second kappa shape index (κ2) is 2.21. The molecular weight excluding hydrogens is 126 g/mol. The first-order valence-corrected chi connectivity index (χ1v) is 4.04. The van der Waals surface area contributed by atoms with Gasteiger partial charge >= 0.3 is 0 Å². The average molecular weight is 141 g/mol. The molecule has 1 unspecified atom stereocenters. The van der Waals surface area contributed by atoms with Gasteiger partial charge in [0.25, 0.3) is 0 Å². The summed E-state index contributed by atoms with van der Waals surface area (Å²) in [6.45, 7) is 1.14. The van der Waals surface area contributed by atoms with Gasteiger partial charge in [0.2, 0.25) is 0 Å². The number of piperidine rings is 1. The molecule has 0 radical (unpaired) electrons. The van der Waals surface area contributed by atoms with Gasteiger partial charge in [-0.2, -0.15) is 0 Å². The molecule has 1 saturated heterocycles. The number of methoxy groups -OCH3 is 1. The van der Waals surface area contributed by atoms with Crippen LogP contribution in [0.5, 0.6) is 0 Å². The molecule has 1 aliphatic heterocycles. The lowest BCUT2D eigenvalue weighted by atomic mass is 10.1. The van der Waals surface area contributed by atoms with E-state index in [2.05, 4.69) is 11.9 Å². The zero-order valence-corrected chi connectivity index (χ0v) is 6.71. The summed E-state index contributed by atoms with van der Waals surface area (Å²) >= 11 is 0. The highest BCUT2D eigenvalue weighted by Crippen LogP contribution is 2.42. The van der Waals surface area contributed by atoms with E-state index < -0.39 is 0 Å². The van der Waals surface area contributed by atoms with Gasteiger partial charge in [-0.3, -0.25) is 0 Å². The molecule has 1 saturated carbocycles. The van der Waals surface area contributed by atoms with Crippen LogP contribution in [0.2, 0.25) is 0 Å². The van der Waals surface area contributed by atoms with E-state index in [1.807, 2.05) is 7.11 Å². The molecule has 2 rings (SSSR count). The molecule has 0 bridgehead atoms. The summed E-state index contributed by atoms with van der Waals surface area (Å²) in [6.07, 6.45) is 3.22. The highest BCUT2D eigenvalue weighted by Gasteiger charge is 2.45. The predicted molar refractivity (Wildman–Crippen MR) is 39.9 cm³/mol. The molecule has 2 heteroatoms. The summed E-state index contributed by atoms with van der Waals surface area (Å²) in [7, 11) is 4.02. The Hall–Kier alpha value is -0.0800. The molecule has 3 atom stereocenters. The fraction of sp³-hybridized carbons (Fsp3) is 1.00. The number of hydrogen-bond acceptors (Lipinski definition) is 2. The Labute approximate surface area is 62.2 Å². The molecule has 0 aromatic heterocycles. The molecule has 0 N–H and O–H groups in total. The second-order valence-corrected chi connectivity index (χ2v) is 3.60. The van der Waals surface area contributed by atoms with Crippen LogP contribution < -0.4 is 0 Å². The van der Waals surface area contributed by atoms with Gasteiger partial charge < -0.3 is 9.64 Å². The first kappa shape index (κ1) is 6.62. The molecule has 0 spiro atoms. The Morgan fingerprint density at radius 2 is 2.20 bits per heavy atom. The minimum Gasteiger partial charge on any atom is -0.380 e. The zero-order valence-electron chi connectivity index (χ0n) is 6.71. The summed E-state index contributed by atoms with van der Waals surface area (Å²) in [6, 6.07) is 0.909. The molecule has 58 valence electrons. The molecule has 0 aromatic carbocycles. The van der Waals surface area contributed by atoms with Crippen LogP contribution in [0.15, 0.2) is 0 Å². The highest BCUT2D eigenvalue weighted by molar-refractivity contribution is 4.99. The van der Waals surface area contributed by atoms with Crippen molar-refractivity contribution in [3.05, 3.63) is 0 Å². The van der Waals surface area contributed by atoms with Gasteiger partial charge in [0.15, 0.2) is 0 Å². The van der Waals surface area contributed by atoms with E-state index in [4.69, 9.17) is 4.74 Å². The Balaban J connectivity index is 1.93. The molecule has 2 fully saturated rings. The van der Waals surface area contributed by atoms with Crippen LogP contribution >= 0.6 is 0 Å². The zero-order chi connectivity index (χ0) is 7.14. The van der Waals surface area contributed by atoms with Crippen molar-refractivity contribution in [2.24, 2.45) is 5.92 Å². The van der Waals surface area contributed by atoms with Crippen molar-refractivity contribution in [3.8, 4) is 0 Å². The smallest absolute Gasteiger partial charge is 0.0701 e. The number of nitrogens with zero attached hydrogens (tertiary/aromatic N) is 1. The lowest BCUT2D eigenvalue weighted by Crippen LogP contribution is -2.37. The Morgan fingerprint density at radius 1 is 1.40 bits per heavy atom. The Kier molecular flexibility index (Phi) is 1.46. The first-order valence-electron chi connectivity index (χ1n) is 4.04. The molecular formula is C8H15NO. The van der Waals surface area contributed by atoms with Crippen LogP contribution in [0.25, 0.3) is 0 Å². The largest absolute Gasteiger partial charge is 0.380 e. The van der Waals surface area contributed by atoms with Crippen molar-refractivity contribution in [1.29, 1.82) is 0 Å². The summed E-state index contributed by atoms with van der Waals surface area (Å²) < 4.78 is 5.32. The number of fused-ring (bicyclic) bond motifs is 1. The van der Waals surface area contributed by atoms with Gasteiger partial charge in [0, 0.05) is 19.7 Å². The predicted octanol–water partition coefficient (Wildman–Crippen LogP) is 0.725. The average Bonchev–Trinajstić information content (AvgIpc) is 2.66. The fourth-order valence-corrected chi connectivity index (χ4v) is 2.06. The van der Waals surface area contributed by atoms with Gasteiger partial charge in [-0.1, -0.05) is 0 Å². The summed E-state index contributed by atoms with van der Waals surface area (Å²) in [5.41, 5.74) is 0. The maximum Gasteiger partial charge on any atom is 0.0701 e. The van der Waals surface area contributed by atoms with Crippen LogP contribution in [0, 0.1) is 5.92 Å². The molecule has 10 heavy (non-hydrogen) atoms. The lowest BCUT2D eigenvalue weighted by Gasteiger charge is -2.27. The molecule has 0 aromatic rings. The standard InChI is InChI=1S/C8H15NO/c1-9-5-7(10-2)3-6-4-8(6)9/h6-8H,3-5H2,1-2H3/t6-,7?,8+/m0/s1. The normalized spacial score (nSPS) is 46.8. The van der Waals surface area contributed by atoms with Crippen molar-refractivity contribution >= 4 is 0 Å². The lowest BCUT2D eigenvalue weighted by molar-refractivity contribution is 0.0377. The minimum absolute atomic E-state index is 0.508. The van der Waals surface area contributed by atoms with E-state index >= 15 is 0 Å². The number of ether oxygens (including phenoxy) is 1. The number of likely N-dealkylation sites (N-methyl/N-ethyl adjacent to an activating group) is 1. The molecule has 0 amide bonds. The Bertz CT molecular complexity index is 137. The van der Waals surface area contributed by atoms with Crippen molar-refractivity contribution < 1.29 is 4.74 Å². The fourth-order valence-electron chi connectivity index (χ4n) is 2.06. The monoisotopic (exact) mass is 141 g/mol. The van der Waals surface area contributed by atoms with Gasteiger partial charge in [-0.15, -0.1) is 0 Å². The quantitative estimate of drug-likeness (QED) is 0.533. The van der Waals surface area contributed by atoms with E-state index in [0.29, 0.717) is 6.10 Å². The van der Waals surface area contributed by atoms with E-state index in [1.54, 1.807) is 0 Å². The van der Waals surface area contributed by atoms with Gasteiger partial charge in [-0.25, -0.2) is 0 Å². The number of rotatable bonds is 1. The summed E-state index contributed by atoms with van der Waals surface area (Å²) in [5, 5.41) is 0. The highest BCUT2D eigenvalue weighted by atomic mass is 16.5. The van der Waals surface area contributed by atoms with Crippen molar-refractivity contribution in [2.45, 2.75) is 25.0 Å². The van der Waals surface area contributed by atoms with Crippen molar-refractivity contribution in [1.82, 2.24) is 4.90 Å². The Morgan fingerprint density at radius 3 is 2.80 bits per heavy atom. The molecule has 1 aliphatic carbocycles. The third kappa shape index (κ3) is 0.956. The minimum atomic E-state index is 0.508. The topological polar surface area (TPSA) is 12.5 Å². The maximum atomic E-state index is 5.32. The van der Waals surface area contributed by atoms with E-state index in [1.165, 1.54) is 12.8 Å².